The Labute approximate surface area is 174 Å². The van der Waals surface area contributed by atoms with Crippen LogP contribution in [0, 0.1) is 0 Å². The summed E-state index contributed by atoms with van der Waals surface area (Å²) in [5.41, 5.74) is 2.86. The molecule has 1 aromatic heterocycles. The van der Waals surface area contributed by atoms with Crippen LogP contribution < -0.4 is 0 Å². The van der Waals surface area contributed by atoms with E-state index in [1.165, 1.54) is 13.5 Å². The van der Waals surface area contributed by atoms with Crippen LogP contribution in [0.1, 0.15) is 41.9 Å². The number of esters is 1. The Morgan fingerprint density at radius 2 is 1.90 bits per heavy atom. The van der Waals surface area contributed by atoms with Crippen LogP contribution in [0.4, 0.5) is 0 Å². The number of ether oxygens (including phenoxy) is 1. The second kappa shape index (κ2) is 8.57. The van der Waals surface area contributed by atoms with Crippen LogP contribution >= 0.6 is 0 Å². The van der Waals surface area contributed by atoms with Gasteiger partial charge in [0.2, 0.25) is 0 Å². The molecule has 7 heteroatoms. The standard InChI is InChI=1S/C23H25N3O4/c1-30-22(28)11-10-21-24-19-14-16(23(29)25-12-3-2-4-13-25)8-9-20(19)26(21)17-6-5-7-18(27)15-17/h5-9,14-15,27H,2-4,10-13H2,1H3. The largest absolute Gasteiger partial charge is 0.508 e. The minimum Gasteiger partial charge on any atom is -0.508 e. The smallest absolute Gasteiger partial charge is 0.305 e. The summed E-state index contributed by atoms with van der Waals surface area (Å²) < 4.78 is 6.67. The third-order valence-corrected chi connectivity index (χ3v) is 5.48. The molecule has 4 rings (SSSR count). The molecule has 0 unspecified atom stereocenters. The molecule has 0 bridgehead atoms. The van der Waals surface area contributed by atoms with Gasteiger partial charge in [-0.1, -0.05) is 6.07 Å². The van der Waals surface area contributed by atoms with Gasteiger partial charge in [0.15, 0.2) is 0 Å². The third kappa shape index (κ3) is 4.01. The van der Waals surface area contributed by atoms with Gasteiger partial charge in [-0.25, -0.2) is 4.98 Å². The van der Waals surface area contributed by atoms with Gasteiger partial charge in [-0.05, 0) is 49.6 Å². The Balaban J connectivity index is 1.75. The zero-order chi connectivity index (χ0) is 21.1. The molecule has 30 heavy (non-hydrogen) atoms. The molecule has 1 aliphatic heterocycles. The van der Waals surface area contributed by atoms with E-state index in [1.807, 2.05) is 33.7 Å². The Morgan fingerprint density at radius 3 is 2.63 bits per heavy atom. The Morgan fingerprint density at radius 1 is 1.10 bits per heavy atom. The molecule has 3 aromatic rings. The molecular weight excluding hydrogens is 382 g/mol. The fourth-order valence-corrected chi connectivity index (χ4v) is 3.95. The van der Waals surface area contributed by atoms with E-state index >= 15 is 0 Å². The van der Waals surface area contributed by atoms with Crippen molar-refractivity contribution in [1.29, 1.82) is 0 Å². The number of fused-ring (bicyclic) bond motifs is 1. The van der Waals surface area contributed by atoms with Crippen LogP contribution in [0.5, 0.6) is 5.75 Å². The average Bonchev–Trinajstić information content (AvgIpc) is 3.15. The quantitative estimate of drug-likeness (QED) is 0.655. The number of hydrogen-bond donors (Lipinski definition) is 1. The number of aryl methyl sites for hydroxylation is 1. The number of amides is 1. The average molecular weight is 407 g/mol. The number of nitrogens with zero attached hydrogens (tertiary/aromatic N) is 3. The van der Waals surface area contributed by atoms with E-state index in [1.54, 1.807) is 18.2 Å². The van der Waals surface area contributed by atoms with Gasteiger partial charge in [0.25, 0.3) is 5.91 Å². The van der Waals surface area contributed by atoms with E-state index in [9.17, 15) is 14.7 Å². The molecule has 0 radical (unpaired) electrons. The van der Waals surface area contributed by atoms with Gasteiger partial charge < -0.3 is 14.7 Å². The second-order valence-corrected chi connectivity index (χ2v) is 7.52. The normalized spacial score (nSPS) is 14.1. The number of hydrogen-bond acceptors (Lipinski definition) is 5. The first-order valence-corrected chi connectivity index (χ1v) is 10.2. The lowest BCUT2D eigenvalue weighted by Crippen LogP contribution is -2.35. The molecule has 156 valence electrons. The predicted molar refractivity (Wildman–Crippen MR) is 113 cm³/mol. The van der Waals surface area contributed by atoms with Crippen LogP contribution in [-0.4, -0.2) is 51.6 Å². The first kappa shape index (κ1) is 19.9. The lowest BCUT2D eigenvalue weighted by Gasteiger charge is -2.26. The SMILES string of the molecule is COC(=O)CCc1nc2cc(C(=O)N3CCCCC3)ccc2n1-c1cccc(O)c1. The van der Waals surface area contributed by atoms with Crippen molar-refractivity contribution in [2.45, 2.75) is 32.1 Å². The number of phenolic OH excluding ortho intramolecular Hbond substituents is 1. The van der Waals surface area contributed by atoms with Gasteiger partial charge in [0.1, 0.15) is 11.6 Å². The Kier molecular flexibility index (Phi) is 5.70. The first-order valence-electron chi connectivity index (χ1n) is 10.2. The maximum Gasteiger partial charge on any atom is 0.305 e. The van der Waals surface area contributed by atoms with Crippen molar-refractivity contribution < 1.29 is 19.4 Å². The van der Waals surface area contributed by atoms with E-state index in [0.29, 0.717) is 23.3 Å². The third-order valence-electron chi connectivity index (χ3n) is 5.48. The fourth-order valence-electron chi connectivity index (χ4n) is 3.95. The lowest BCUT2D eigenvalue weighted by atomic mass is 10.1. The number of aromatic nitrogens is 2. The summed E-state index contributed by atoms with van der Waals surface area (Å²) in [5.74, 6) is 0.527. The van der Waals surface area contributed by atoms with Gasteiger partial charge in [0.05, 0.1) is 30.3 Å². The van der Waals surface area contributed by atoms with Crippen molar-refractivity contribution >= 4 is 22.9 Å². The topological polar surface area (TPSA) is 84.7 Å². The summed E-state index contributed by atoms with van der Waals surface area (Å²) >= 11 is 0. The van der Waals surface area contributed by atoms with Gasteiger partial charge in [-0.2, -0.15) is 0 Å². The first-order chi connectivity index (χ1) is 14.6. The van der Waals surface area contributed by atoms with Gasteiger partial charge in [0, 0.05) is 31.1 Å². The van der Waals surface area contributed by atoms with Crippen LogP contribution in [-0.2, 0) is 16.0 Å². The van der Waals surface area contributed by atoms with E-state index < -0.39 is 0 Å². The number of phenols is 1. The number of aromatic hydroxyl groups is 1. The molecule has 7 nitrogen and oxygen atoms in total. The highest BCUT2D eigenvalue weighted by molar-refractivity contribution is 5.97. The van der Waals surface area contributed by atoms with Crippen molar-refractivity contribution in [3.8, 4) is 11.4 Å². The maximum atomic E-state index is 12.9. The molecule has 0 spiro atoms. The monoisotopic (exact) mass is 407 g/mol. The molecule has 2 aromatic carbocycles. The van der Waals surface area contributed by atoms with Crippen LogP contribution in [0.15, 0.2) is 42.5 Å². The number of benzene rings is 2. The van der Waals surface area contributed by atoms with Gasteiger partial charge >= 0.3 is 5.97 Å². The number of methoxy groups -OCH3 is 1. The molecular formula is C23H25N3O4. The van der Waals surface area contributed by atoms with Crippen molar-refractivity contribution in [1.82, 2.24) is 14.5 Å². The zero-order valence-corrected chi connectivity index (χ0v) is 17.0. The summed E-state index contributed by atoms with van der Waals surface area (Å²) in [6, 6.07) is 12.4. The lowest BCUT2D eigenvalue weighted by molar-refractivity contribution is -0.140. The molecule has 1 fully saturated rings. The number of rotatable bonds is 5. The number of likely N-dealkylation sites (tertiary alicyclic amines) is 1. The fraction of sp³-hybridized carbons (Fsp3) is 0.348. The van der Waals surface area contributed by atoms with E-state index in [4.69, 9.17) is 9.72 Å². The number of carbonyl (C=O) groups excluding carboxylic acids is 2. The summed E-state index contributed by atoms with van der Waals surface area (Å²) in [6.45, 7) is 1.58. The second-order valence-electron chi connectivity index (χ2n) is 7.52. The van der Waals surface area contributed by atoms with Gasteiger partial charge in [-0.3, -0.25) is 14.2 Å². The number of piperidine rings is 1. The Bertz CT molecular complexity index is 1080. The molecule has 1 amide bonds. The Hall–Kier alpha value is -3.35. The summed E-state index contributed by atoms with van der Waals surface area (Å²) in [4.78, 5) is 31.2. The molecule has 1 saturated heterocycles. The van der Waals surface area contributed by atoms with Crippen LogP contribution in [0.25, 0.3) is 16.7 Å². The van der Waals surface area contributed by atoms with E-state index in [0.717, 1.165) is 37.1 Å². The molecule has 2 heterocycles. The van der Waals surface area contributed by atoms with E-state index in [2.05, 4.69) is 0 Å². The van der Waals surface area contributed by atoms with Gasteiger partial charge in [-0.15, -0.1) is 0 Å². The maximum absolute atomic E-state index is 12.9. The highest BCUT2D eigenvalue weighted by atomic mass is 16.5. The van der Waals surface area contributed by atoms with Crippen LogP contribution in [0.2, 0.25) is 0 Å². The highest BCUT2D eigenvalue weighted by Crippen LogP contribution is 2.26. The van der Waals surface area contributed by atoms with Crippen LogP contribution in [0.3, 0.4) is 0 Å². The molecule has 0 aliphatic carbocycles. The highest BCUT2D eigenvalue weighted by Gasteiger charge is 2.20. The van der Waals surface area contributed by atoms with Crippen molar-refractivity contribution in [2.75, 3.05) is 20.2 Å². The molecule has 1 aliphatic rings. The number of imidazole rings is 1. The minimum absolute atomic E-state index is 0.0274. The van der Waals surface area contributed by atoms with E-state index in [-0.39, 0.29) is 24.0 Å². The molecule has 1 N–H and O–H groups in total. The number of carbonyl (C=O) groups is 2. The summed E-state index contributed by atoms with van der Waals surface area (Å²) in [7, 11) is 1.36. The van der Waals surface area contributed by atoms with Crippen molar-refractivity contribution in [3.63, 3.8) is 0 Å². The zero-order valence-electron chi connectivity index (χ0n) is 17.0. The predicted octanol–water partition coefficient (Wildman–Crippen LogP) is 3.46. The molecule has 0 saturated carbocycles. The van der Waals surface area contributed by atoms with Crippen molar-refractivity contribution in [3.05, 3.63) is 53.9 Å². The van der Waals surface area contributed by atoms with Crippen molar-refractivity contribution in [2.24, 2.45) is 0 Å². The molecule has 0 atom stereocenters. The summed E-state index contributed by atoms with van der Waals surface area (Å²) in [5, 5.41) is 9.93. The summed E-state index contributed by atoms with van der Waals surface area (Å²) in [6.07, 6.45) is 3.82. The minimum atomic E-state index is -0.314.